The predicted octanol–water partition coefficient (Wildman–Crippen LogP) is -0.140. The lowest BCUT2D eigenvalue weighted by atomic mass is 10.2. The summed E-state index contributed by atoms with van der Waals surface area (Å²) in [6, 6.07) is 0.601. The molecule has 0 spiro atoms. The van der Waals surface area contributed by atoms with Gasteiger partial charge in [0.2, 0.25) is 5.91 Å². The Morgan fingerprint density at radius 2 is 2.43 bits per heavy atom. The minimum absolute atomic E-state index is 0.257. The zero-order valence-electron chi connectivity index (χ0n) is 8.83. The van der Waals surface area contributed by atoms with Crippen molar-refractivity contribution in [2.75, 3.05) is 32.8 Å². The number of amides is 1. The SMILES string of the molecule is CCN1CCCC1CN1CNCC1=O. The molecule has 80 valence electrons. The van der Waals surface area contributed by atoms with Crippen molar-refractivity contribution in [2.45, 2.75) is 25.8 Å². The third kappa shape index (κ3) is 1.91. The zero-order chi connectivity index (χ0) is 9.97. The molecule has 0 radical (unpaired) electrons. The number of hydrogen-bond donors (Lipinski definition) is 1. The Bertz CT molecular complexity index is 219. The second-order valence-electron chi connectivity index (χ2n) is 4.13. The van der Waals surface area contributed by atoms with E-state index in [0.29, 0.717) is 12.6 Å². The minimum atomic E-state index is 0.257. The Labute approximate surface area is 85.2 Å². The van der Waals surface area contributed by atoms with Crippen LogP contribution < -0.4 is 5.32 Å². The zero-order valence-corrected chi connectivity index (χ0v) is 8.83. The lowest BCUT2D eigenvalue weighted by Crippen LogP contribution is -2.41. The molecule has 1 amide bonds. The summed E-state index contributed by atoms with van der Waals surface area (Å²) < 4.78 is 0. The molecule has 0 bridgehead atoms. The van der Waals surface area contributed by atoms with Crippen LogP contribution >= 0.6 is 0 Å². The summed E-state index contributed by atoms with van der Waals surface area (Å²) in [6.07, 6.45) is 2.53. The van der Waals surface area contributed by atoms with Crippen molar-refractivity contribution in [3.05, 3.63) is 0 Å². The number of rotatable bonds is 3. The molecule has 2 aliphatic heterocycles. The first-order valence-electron chi connectivity index (χ1n) is 5.54. The number of nitrogens with one attached hydrogen (secondary N) is 1. The van der Waals surface area contributed by atoms with Crippen molar-refractivity contribution in [1.82, 2.24) is 15.1 Å². The molecule has 14 heavy (non-hydrogen) atoms. The quantitative estimate of drug-likeness (QED) is 0.684. The summed E-state index contributed by atoms with van der Waals surface area (Å²) in [6.45, 7) is 6.70. The summed E-state index contributed by atoms with van der Waals surface area (Å²) in [5.74, 6) is 0.257. The van der Waals surface area contributed by atoms with Crippen LogP contribution in [0.25, 0.3) is 0 Å². The molecule has 2 fully saturated rings. The fraction of sp³-hybridized carbons (Fsp3) is 0.900. The summed E-state index contributed by atoms with van der Waals surface area (Å²) in [7, 11) is 0. The highest BCUT2D eigenvalue weighted by Gasteiger charge is 2.28. The first kappa shape index (κ1) is 9.93. The summed E-state index contributed by atoms with van der Waals surface area (Å²) in [5.41, 5.74) is 0. The van der Waals surface area contributed by atoms with Gasteiger partial charge in [-0.15, -0.1) is 0 Å². The maximum absolute atomic E-state index is 11.4. The molecule has 1 N–H and O–H groups in total. The predicted molar refractivity (Wildman–Crippen MR) is 54.9 cm³/mol. The van der Waals surface area contributed by atoms with Crippen LogP contribution in [0.1, 0.15) is 19.8 Å². The smallest absolute Gasteiger partial charge is 0.237 e. The van der Waals surface area contributed by atoms with Gasteiger partial charge in [-0.1, -0.05) is 6.92 Å². The van der Waals surface area contributed by atoms with Gasteiger partial charge in [0.15, 0.2) is 0 Å². The normalized spacial score (nSPS) is 29.1. The topological polar surface area (TPSA) is 35.6 Å². The number of nitrogens with zero attached hydrogens (tertiary/aromatic N) is 2. The summed E-state index contributed by atoms with van der Waals surface area (Å²) >= 11 is 0. The van der Waals surface area contributed by atoms with E-state index in [1.807, 2.05) is 4.90 Å². The number of carbonyl (C=O) groups is 1. The molecule has 1 atom stereocenters. The van der Waals surface area contributed by atoms with Crippen molar-refractivity contribution < 1.29 is 4.79 Å². The molecule has 0 saturated carbocycles. The molecule has 0 aromatic rings. The van der Waals surface area contributed by atoms with E-state index in [4.69, 9.17) is 0 Å². The van der Waals surface area contributed by atoms with E-state index in [1.165, 1.54) is 19.4 Å². The first-order chi connectivity index (χ1) is 6.81. The van der Waals surface area contributed by atoms with Crippen LogP contribution in [-0.2, 0) is 4.79 Å². The number of likely N-dealkylation sites (tertiary alicyclic amines) is 1. The van der Waals surface area contributed by atoms with E-state index >= 15 is 0 Å². The minimum Gasteiger partial charge on any atom is -0.327 e. The lowest BCUT2D eigenvalue weighted by molar-refractivity contribution is -0.127. The van der Waals surface area contributed by atoms with Crippen LogP contribution in [0.5, 0.6) is 0 Å². The van der Waals surface area contributed by atoms with E-state index in [0.717, 1.165) is 19.8 Å². The van der Waals surface area contributed by atoms with Gasteiger partial charge in [0.1, 0.15) is 0 Å². The monoisotopic (exact) mass is 197 g/mol. The number of carbonyl (C=O) groups excluding carboxylic acids is 1. The van der Waals surface area contributed by atoms with E-state index in [1.54, 1.807) is 0 Å². The Balaban J connectivity index is 1.86. The van der Waals surface area contributed by atoms with Gasteiger partial charge in [-0.05, 0) is 25.9 Å². The lowest BCUT2D eigenvalue weighted by Gasteiger charge is -2.26. The molecule has 2 aliphatic rings. The van der Waals surface area contributed by atoms with Gasteiger partial charge in [0.25, 0.3) is 0 Å². The van der Waals surface area contributed by atoms with E-state index in [-0.39, 0.29) is 5.91 Å². The van der Waals surface area contributed by atoms with E-state index in [9.17, 15) is 4.79 Å². The first-order valence-corrected chi connectivity index (χ1v) is 5.54. The maximum Gasteiger partial charge on any atom is 0.237 e. The van der Waals surface area contributed by atoms with Crippen molar-refractivity contribution >= 4 is 5.91 Å². The second-order valence-corrected chi connectivity index (χ2v) is 4.13. The van der Waals surface area contributed by atoms with Crippen molar-refractivity contribution in [3.63, 3.8) is 0 Å². The van der Waals surface area contributed by atoms with E-state index < -0.39 is 0 Å². The van der Waals surface area contributed by atoms with E-state index in [2.05, 4.69) is 17.1 Å². The molecule has 4 nitrogen and oxygen atoms in total. The molecular formula is C10H19N3O. The van der Waals surface area contributed by atoms with Gasteiger partial charge in [0, 0.05) is 12.6 Å². The molecule has 1 unspecified atom stereocenters. The number of likely N-dealkylation sites (N-methyl/N-ethyl adjacent to an activating group) is 1. The van der Waals surface area contributed by atoms with Gasteiger partial charge in [-0.25, -0.2) is 0 Å². The molecule has 0 aliphatic carbocycles. The Morgan fingerprint density at radius 3 is 3.07 bits per heavy atom. The Hall–Kier alpha value is -0.610. The van der Waals surface area contributed by atoms with Crippen LogP contribution in [0, 0.1) is 0 Å². The molecule has 2 heterocycles. The molecule has 4 heteroatoms. The highest BCUT2D eigenvalue weighted by molar-refractivity contribution is 5.80. The molecule has 2 saturated heterocycles. The van der Waals surface area contributed by atoms with Gasteiger partial charge in [-0.3, -0.25) is 15.0 Å². The summed E-state index contributed by atoms with van der Waals surface area (Å²) in [5, 5.41) is 3.09. The third-order valence-electron chi connectivity index (χ3n) is 3.27. The van der Waals surface area contributed by atoms with Crippen LogP contribution in [0.15, 0.2) is 0 Å². The average molecular weight is 197 g/mol. The van der Waals surface area contributed by atoms with Gasteiger partial charge >= 0.3 is 0 Å². The largest absolute Gasteiger partial charge is 0.327 e. The van der Waals surface area contributed by atoms with Gasteiger partial charge in [0.05, 0.1) is 13.2 Å². The van der Waals surface area contributed by atoms with Crippen molar-refractivity contribution in [3.8, 4) is 0 Å². The third-order valence-corrected chi connectivity index (χ3v) is 3.27. The average Bonchev–Trinajstić information content (AvgIpc) is 2.77. The number of hydrogen-bond acceptors (Lipinski definition) is 3. The molecule has 0 aromatic heterocycles. The van der Waals surface area contributed by atoms with Crippen LogP contribution in [0.3, 0.4) is 0 Å². The highest BCUT2D eigenvalue weighted by Crippen LogP contribution is 2.17. The Kier molecular flexibility index (Phi) is 3.03. The Morgan fingerprint density at radius 1 is 1.57 bits per heavy atom. The van der Waals surface area contributed by atoms with Gasteiger partial charge < -0.3 is 4.90 Å². The molecular weight excluding hydrogens is 178 g/mol. The second kappa shape index (κ2) is 4.28. The fourth-order valence-corrected chi connectivity index (χ4v) is 2.44. The van der Waals surface area contributed by atoms with Gasteiger partial charge in [-0.2, -0.15) is 0 Å². The summed E-state index contributed by atoms with van der Waals surface area (Å²) in [4.78, 5) is 15.8. The standard InChI is InChI=1S/C10H19N3O/c1-2-12-5-3-4-9(12)7-13-8-11-6-10(13)14/h9,11H,2-8H2,1H3. The van der Waals surface area contributed by atoms with Crippen LogP contribution in [0.2, 0.25) is 0 Å². The fourth-order valence-electron chi connectivity index (χ4n) is 2.44. The van der Waals surface area contributed by atoms with Crippen LogP contribution in [-0.4, -0.2) is 54.6 Å². The van der Waals surface area contributed by atoms with Crippen molar-refractivity contribution in [1.29, 1.82) is 0 Å². The maximum atomic E-state index is 11.4. The highest BCUT2D eigenvalue weighted by atomic mass is 16.2. The van der Waals surface area contributed by atoms with Crippen LogP contribution in [0.4, 0.5) is 0 Å². The molecule has 0 aromatic carbocycles. The van der Waals surface area contributed by atoms with Crippen molar-refractivity contribution in [2.24, 2.45) is 0 Å². The molecule has 2 rings (SSSR count).